The molecule has 0 fully saturated rings. The number of hydrogen-bond donors (Lipinski definition) is 1. The van der Waals surface area contributed by atoms with Gasteiger partial charge in [0.1, 0.15) is 11.5 Å². The van der Waals surface area contributed by atoms with Gasteiger partial charge in [0.05, 0.1) is 6.61 Å². The van der Waals surface area contributed by atoms with Gasteiger partial charge in [-0.15, -0.1) is 0 Å². The van der Waals surface area contributed by atoms with E-state index in [1.54, 1.807) is 0 Å². The maximum atomic E-state index is 12.4. The molecule has 0 aliphatic rings. The Morgan fingerprint density at radius 3 is 2.44 bits per heavy atom. The van der Waals surface area contributed by atoms with E-state index in [0.717, 1.165) is 42.9 Å². The van der Waals surface area contributed by atoms with Crippen LogP contribution in [0, 0.1) is 6.92 Å². The molecule has 0 unspecified atom stereocenters. The van der Waals surface area contributed by atoms with Gasteiger partial charge in [-0.2, -0.15) is 0 Å². The molecule has 0 radical (unpaired) electrons. The molecular weight excluding hydrogens is 338 g/mol. The van der Waals surface area contributed by atoms with Crippen LogP contribution in [0.2, 0.25) is 0 Å². The van der Waals surface area contributed by atoms with Crippen molar-refractivity contribution in [2.45, 2.75) is 52.6 Å². The smallest absolute Gasteiger partial charge is 0.261 e. The van der Waals surface area contributed by atoms with Crippen LogP contribution in [0.25, 0.3) is 0 Å². The van der Waals surface area contributed by atoms with Gasteiger partial charge in [-0.25, -0.2) is 0 Å². The minimum atomic E-state index is -0.466. The summed E-state index contributed by atoms with van der Waals surface area (Å²) in [5.41, 5.74) is 2.22. The van der Waals surface area contributed by atoms with E-state index in [4.69, 9.17) is 9.47 Å². The van der Waals surface area contributed by atoms with Crippen LogP contribution in [0.15, 0.2) is 48.5 Å². The molecule has 146 valence electrons. The third-order valence-corrected chi connectivity index (χ3v) is 4.38. The first-order valence-electron chi connectivity index (χ1n) is 9.86. The number of benzene rings is 2. The minimum absolute atomic E-state index is 0.0590. The molecule has 0 heterocycles. The molecule has 2 aromatic rings. The lowest BCUT2D eigenvalue weighted by Gasteiger charge is -2.18. The van der Waals surface area contributed by atoms with Crippen LogP contribution in [0.5, 0.6) is 11.5 Å². The Hall–Kier alpha value is -2.49. The average molecular weight is 370 g/mol. The molecule has 2 aromatic carbocycles. The van der Waals surface area contributed by atoms with Gasteiger partial charge in [0.25, 0.3) is 5.91 Å². The van der Waals surface area contributed by atoms with Crippen molar-refractivity contribution in [1.29, 1.82) is 0 Å². The van der Waals surface area contributed by atoms with E-state index < -0.39 is 6.10 Å². The van der Waals surface area contributed by atoms with Crippen molar-refractivity contribution in [3.8, 4) is 11.5 Å². The maximum absolute atomic E-state index is 12.4. The molecular formula is C23H31NO3. The lowest BCUT2D eigenvalue weighted by molar-refractivity contribution is -0.128. The molecule has 1 N–H and O–H groups in total. The highest BCUT2D eigenvalue weighted by Crippen LogP contribution is 2.20. The predicted molar refractivity (Wildman–Crippen MR) is 109 cm³/mol. The van der Waals surface area contributed by atoms with Crippen LogP contribution in [0.3, 0.4) is 0 Å². The summed E-state index contributed by atoms with van der Waals surface area (Å²) < 4.78 is 11.7. The molecule has 0 saturated carbocycles. The lowest BCUT2D eigenvalue weighted by Crippen LogP contribution is -2.38. The fraction of sp³-hybridized carbons (Fsp3) is 0.435. The van der Waals surface area contributed by atoms with Crippen LogP contribution < -0.4 is 14.8 Å². The Morgan fingerprint density at radius 1 is 1.04 bits per heavy atom. The van der Waals surface area contributed by atoms with Crippen molar-refractivity contribution in [1.82, 2.24) is 5.32 Å². The highest BCUT2D eigenvalue weighted by molar-refractivity contribution is 5.81. The summed E-state index contributed by atoms with van der Waals surface area (Å²) in [4.78, 5) is 12.4. The lowest BCUT2D eigenvalue weighted by atomic mass is 10.1. The maximum Gasteiger partial charge on any atom is 0.261 e. The second kappa shape index (κ2) is 11.3. The number of para-hydroxylation sites is 2. The number of hydrogen-bond acceptors (Lipinski definition) is 3. The summed E-state index contributed by atoms with van der Waals surface area (Å²) >= 11 is 0. The first kappa shape index (κ1) is 20.8. The summed E-state index contributed by atoms with van der Waals surface area (Å²) in [5.74, 6) is 1.65. The summed E-state index contributed by atoms with van der Waals surface area (Å²) in [5, 5.41) is 3.00. The van der Waals surface area contributed by atoms with Gasteiger partial charge in [-0.1, -0.05) is 50.2 Å². The summed E-state index contributed by atoms with van der Waals surface area (Å²) in [7, 11) is 0. The van der Waals surface area contributed by atoms with Crippen LogP contribution in [-0.4, -0.2) is 25.2 Å². The molecule has 0 bridgehead atoms. The van der Waals surface area contributed by atoms with Crippen LogP contribution in [0.4, 0.5) is 0 Å². The minimum Gasteiger partial charge on any atom is -0.493 e. The topological polar surface area (TPSA) is 47.6 Å². The van der Waals surface area contributed by atoms with E-state index in [-0.39, 0.29) is 5.91 Å². The van der Waals surface area contributed by atoms with Crippen LogP contribution in [0.1, 0.15) is 44.2 Å². The fourth-order valence-electron chi connectivity index (χ4n) is 2.83. The molecule has 1 amide bonds. The number of aryl methyl sites for hydroxylation is 2. The quantitative estimate of drug-likeness (QED) is 0.585. The molecule has 0 spiro atoms. The van der Waals surface area contributed by atoms with Crippen molar-refractivity contribution in [2.75, 3.05) is 13.2 Å². The molecule has 0 aromatic heterocycles. The van der Waals surface area contributed by atoms with Crippen molar-refractivity contribution >= 4 is 5.91 Å². The van der Waals surface area contributed by atoms with Gasteiger partial charge in [0, 0.05) is 6.54 Å². The first-order valence-corrected chi connectivity index (χ1v) is 9.86. The van der Waals surface area contributed by atoms with Gasteiger partial charge >= 0.3 is 0 Å². The van der Waals surface area contributed by atoms with Crippen molar-refractivity contribution in [3.63, 3.8) is 0 Å². The molecule has 4 nitrogen and oxygen atoms in total. The van der Waals surface area contributed by atoms with Gasteiger partial charge in [0.2, 0.25) is 0 Å². The normalized spacial score (nSPS) is 11.7. The number of rotatable bonds is 11. The van der Waals surface area contributed by atoms with Gasteiger partial charge < -0.3 is 14.8 Å². The summed E-state index contributed by atoms with van der Waals surface area (Å²) in [6.07, 6.45) is 2.89. The molecule has 4 heteroatoms. The predicted octanol–water partition coefficient (Wildman–Crippen LogP) is 4.69. The molecule has 27 heavy (non-hydrogen) atoms. The van der Waals surface area contributed by atoms with Gasteiger partial charge in [-0.3, -0.25) is 4.79 Å². The van der Waals surface area contributed by atoms with Gasteiger partial charge in [-0.05, 0) is 55.9 Å². The van der Waals surface area contributed by atoms with Crippen molar-refractivity contribution in [2.24, 2.45) is 0 Å². The Balaban J connectivity index is 1.80. The molecule has 0 aliphatic heterocycles. The zero-order valence-corrected chi connectivity index (χ0v) is 16.7. The Bertz CT molecular complexity index is 714. The van der Waals surface area contributed by atoms with E-state index in [1.165, 1.54) is 5.56 Å². The zero-order valence-electron chi connectivity index (χ0n) is 16.7. The third kappa shape index (κ3) is 6.63. The second-order valence-corrected chi connectivity index (χ2v) is 6.63. The van der Waals surface area contributed by atoms with E-state index in [9.17, 15) is 4.79 Å². The molecule has 0 saturated heterocycles. The Morgan fingerprint density at radius 2 is 1.74 bits per heavy atom. The summed E-state index contributed by atoms with van der Waals surface area (Å²) in [6, 6.07) is 15.9. The number of ether oxygens (including phenoxy) is 2. The number of nitrogens with one attached hydrogen (secondary N) is 1. The number of amides is 1. The van der Waals surface area contributed by atoms with Crippen LogP contribution in [-0.2, 0) is 11.2 Å². The fourth-order valence-corrected chi connectivity index (χ4v) is 2.83. The number of carbonyl (C=O) groups excluding carboxylic acids is 1. The SMILES string of the molecule is CCCOc1ccccc1CCCNC(=O)[C@@H](CC)Oc1ccccc1C. The highest BCUT2D eigenvalue weighted by atomic mass is 16.5. The Labute approximate surface area is 162 Å². The van der Waals surface area contributed by atoms with Gasteiger partial charge in [0.15, 0.2) is 6.10 Å². The highest BCUT2D eigenvalue weighted by Gasteiger charge is 2.18. The van der Waals surface area contributed by atoms with E-state index in [0.29, 0.717) is 13.0 Å². The van der Waals surface area contributed by atoms with Crippen molar-refractivity contribution in [3.05, 3.63) is 59.7 Å². The molecule has 0 aliphatic carbocycles. The van der Waals surface area contributed by atoms with E-state index >= 15 is 0 Å². The van der Waals surface area contributed by atoms with E-state index in [1.807, 2.05) is 56.3 Å². The first-order chi connectivity index (χ1) is 13.2. The van der Waals surface area contributed by atoms with E-state index in [2.05, 4.69) is 18.3 Å². The second-order valence-electron chi connectivity index (χ2n) is 6.63. The van der Waals surface area contributed by atoms with Crippen molar-refractivity contribution < 1.29 is 14.3 Å². The van der Waals surface area contributed by atoms with Crippen LogP contribution >= 0.6 is 0 Å². The zero-order chi connectivity index (χ0) is 19.5. The number of carbonyl (C=O) groups is 1. The monoisotopic (exact) mass is 369 g/mol. The average Bonchev–Trinajstić information content (AvgIpc) is 2.69. The summed E-state index contributed by atoms with van der Waals surface area (Å²) in [6.45, 7) is 7.39. The largest absolute Gasteiger partial charge is 0.493 e. The molecule has 1 atom stereocenters. The standard InChI is InChI=1S/C23H31NO3/c1-4-17-26-22-15-9-7-12-19(22)13-10-16-24-23(25)20(5-2)27-21-14-8-6-11-18(21)3/h6-9,11-12,14-15,20H,4-5,10,13,16-17H2,1-3H3,(H,24,25)/t20-/m1/s1. The third-order valence-electron chi connectivity index (χ3n) is 4.38. The molecule has 2 rings (SSSR count). The Kier molecular flexibility index (Phi) is 8.69.